The number of nitrogens with zero attached hydrogens (tertiary/aromatic N) is 2. The van der Waals surface area contributed by atoms with Crippen LogP contribution in [0.15, 0.2) is 36.8 Å². The number of benzene rings is 1. The van der Waals surface area contributed by atoms with Crippen LogP contribution in [0.1, 0.15) is 26.4 Å². The first-order valence-electron chi connectivity index (χ1n) is 5.88. The van der Waals surface area contributed by atoms with E-state index >= 15 is 0 Å². The fraction of sp³-hybridized carbons (Fsp3) is 0.143. The molecule has 0 bridgehead atoms. The molecule has 1 heterocycles. The Morgan fingerprint density at radius 1 is 1.25 bits per heavy atom. The van der Waals surface area contributed by atoms with Gasteiger partial charge < -0.3 is 10.1 Å². The Morgan fingerprint density at radius 3 is 2.70 bits per heavy atom. The zero-order chi connectivity index (χ0) is 14.5. The van der Waals surface area contributed by atoms with Gasteiger partial charge in [0.25, 0.3) is 5.91 Å². The van der Waals surface area contributed by atoms with Gasteiger partial charge in [-0.25, -0.2) is 9.78 Å². The molecule has 0 unspecified atom stereocenters. The predicted molar refractivity (Wildman–Crippen MR) is 72.5 cm³/mol. The standard InChI is InChI=1S/C14H13N3O3/c1-9-10(14(19)20-2)4-3-5-11(9)17-13(18)12-8-15-6-7-16-12/h3-8H,1-2H3,(H,17,18). The normalized spacial score (nSPS) is 9.90. The lowest BCUT2D eigenvalue weighted by Crippen LogP contribution is -2.15. The molecule has 1 aromatic carbocycles. The molecule has 0 aliphatic heterocycles. The van der Waals surface area contributed by atoms with Gasteiger partial charge in [-0.1, -0.05) is 6.07 Å². The fourth-order valence-electron chi connectivity index (χ4n) is 1.70. The van der Waals surface area contributed by atoms with Crippen LogP contribution >= 0.6 is 0 Å². The zero-order valence-electron chi connectivity index (χ0n) is 11.1. The predicted octanol–water partition coefficient (Wildman–Crippen LogP) is 1.82. The van der Waals surface area contributed by atoms with Crippen LogP contribution in [0, 0.1) is 6.92 Å². The lowest BCUT2D eigenvalue weighted by Gasteiger charge is -2.10. The monoisotopic (exact) mass is 271 g/mol. The molecule has 20 heavy (non-hydrogen) atoms. The van der Waals surface area contributed by atoms with E-state index in [9.17, 15) is 9.59 Å². The molecule has 6 nitrogen and oxygen atoms in total. The molecule has 0 fully saturated rings. The Morgan fingerprint density at radius 2 is 2.05 bits per heavy atom. The average Bonchev–Trinajstić information content (AvgIpc) is 2.49. The molecule has 0 spiro atoms. The van der Waals surface area contributed by atoms with Gasteiger partial charge in [0.1, 0.15) is 5.69 Å². The summed E-state index contributed by atoms with van der Waals surface area (Å²) in [4.78, 5) is 31.3. The number of aromatic nitrogens is 2. The third kappa shape index (κ3) is 2.80. The second-order valence-corrected chi connectivity index (χ2v) is 4.01. The molecule has 2 rings (SSSR count). The van der Waals surface area contributed by atoms with Gasteiger partial charge in [0.05, 0.1) is 18.9 Å². The Bertz CT molecular complexity index is 641. The highest BCUT2D eigenvalue weighted by atomic mass is 16.5. The van der Waals surface area contributed by atoms with Gasteiger partial charge in [0.2, 0.25) is 0 Å². The van der Waals surface area contributed by atoms with E-state index < -0.39 is 5.97 Å². The van der Waals surface area contributed by atoms with Gasteiger partial charge in [-0.3, -0.25) is 9.78 Å². The van der Waals surface area contributed by atoms with E-state index in [1.165, 1.54) is 25.7 Å². The summed E-state index contributed by atoms with van der Waals surface area (Å²) in [5.74, 6) is -0.832. The summed E-state index contributed by atoms with van der Waals surface area (Å²) in [7, 11) is 1.31. The van der Waals surface area contributed by atoms with Crippen molar-refractivity contribution in [2.75, 3.05) is 12.4 Å². The van der Waals surface area contributed by atoms with E-state index in [0.717, 1.165) is 0 Å². The minimum absolute atomic E-state index is 0.204. The van der Waals surface area contributed by atoms with Gasteiger partial charge in [0.15, 0.2) is 0 Å². The maximum Gasteiger partial charge on any atom is 0.338 e. The number of esters is 1. The smallest absolute Gasteiger partial charge is 0.338 e. The molecular formula is C14H13N3O3. The summed E-state index contributed by atoms with van der Waals surface area (Å²) in [5, 5.41) is 2.70. The van der Waals surface area contributed by atoms with E-state index in [0.29, 0.717) is 16.8 Å². The van der Waals surface area contributed by atoms with Crippen molar-refractivity contribution < 1.29 is 14.3 Å². The molecule has 1 amide bonds. The summed E-state index contributed by atoms with van der Waals surface area (Å²) >= 11 is 0. The van der Waals surface area contributed by atoms with Crippen molar-refractivity contribution in [2.24, 2.45) is 0 Å². The fourth-order valence-corrected chi connectivity index (χ4v) is 1.70. The molecule has 0 radical (unpaired) electrons. The van der Waals surface area contributed by atoms with Gasteiger partial charge >= 0.3 is 5.97 Å². The molecule has 0 aliphatic rings. The Kier molecular flexibility index (Phi) is 4.05. The minimum Gasteiger partial charge on any atom is -0.465 e. The van der Waals surface area contributed by atoms with Crippen LogP contribution in [-0.4, -0.2) is 29.0 Å². The number of methoxy groups -OCH3 is 1. The lowest BCUT2D eigenvalue weighted by molar-refractivity contribution is 0.0599. The number of anilines is 1. The number of hydrogen-bond donors (Lipinski definition) is 1. The number of carbonyl (C=O) groups is 2. The number of nitrogens with one attached hydrogen (secondary N) is 1. The van der Waals surface area contributed by atoms with E-state index in [4.69, 9.17) is 0 Å². The van der Waals surface area contributed by atoms with Crippen molar-refractivity contribution in [1.29, 1.82) is 0 Å². The van der Waals surface area contributed by atoms with Gasteiger partial charge in [0, 0.05) is 18.1 Å². The maximum absolute atomic E-state index is 12.0. The average molecular weight is 271 g/mol. The van der Waals surface area contributed by atoms with Crippen molar-refractivity contribution >= 4 is 17.6 Å². The first-order chi connectivity index (χ1) is 9.63. The Balaban J connectivity index is 2.26. The molecule has 102 valence electrons. The number of carbonyl (C=O) groups excluding carboxylic acids is 2. The largest absolute Gasteiger partial charge is 0.465 e. The van der Waals surface area contributed by atoms with E-state index in [1.54, 1.807) is 25.1 Å². The van der Waals surface area contributed by atoms with Crippen molar-refractivity contribution in [1.82, 2.24) is 9.97 Å². The number of amides is 1. The van der Waals surface area contributed by atoms with E-state index in [2.05, 4.69) is 20.0 Å². The van der Waals surface area contributed by atoms with Crippen LogP contribution in [0.4, 0.5) is 5.69 Å². The molecule has 0 saturated heterocycles. The van der Waals surface area contributed by atoms with Crippen LogP contribution in [0.2, 0.25) is 0 Å². The van der Waals surface area contributed by atoms with Crippen molar-refractivity contribution in [3.8, 4) is 0 Å². The van der Waals surface area contributed by atoms with Crippen LogP contribution in [0.5, 0.6) is 0 Å². The third-order valence-electron chi connectivity index (χ3n) is 2.78. The summed E-state index contributed by atoms with van der Waals surface area (Å²) in [5.41, 5.74) is 1.78. The van der Waals surface area contributed by atoms with Gasteiger partial charge in [-0.15, -0.1) is 0 Å². The second kappa shape index (κ2) is 5.92. The summed E-state index contributed by atoms with van der Waals surface area (Å²) < 4.78 is 4.69. The highest BCUT2D eigenvalue weighted by molar-refractivity contribution is 6.04. The Labute approximate surface area is 115 Å². The molecule has 1 N–H and O–H groups in total. The topological polar surface area (TPSA) is 81.2 Å². The third-order valence-corrected chi connectivity index (χ3v) is 2.78. The molecule has 0 atom stereocenters. The number of rotatable bonds is 3. The molecule has 2 aromatic rings. The quantitative estimate of drug-likeness (QED) is 0.861. The highest BCUT2D eigenvalue weighted by Crippen LogP contribution is 2.20. The lowest BCUT2D eigenvalue weighted by atomic mass is 10.1. The van der Waals surface area contributed by atoms with Gasteiger partial charge in [-0.2, -0.15) is 0 Å². The maximum atomic E-state index is 12.0. The SMILES string of the molecule is COC(=O)c1cccc(NC(=O)c2cnccn2)c1C. The van der Waals surface area contributed by atoms with Crippen molar-refractivity contribution in [3.05, 3.63) is 53.6 Å². The van der Waals surface area contributed by atoms with Gasteiger partial charge in [-0.05, 0) is 24.6 Å². The van der Waals surface area contributed by atoms with E-state index in [-0.39, 0.29) is 11.6 Å². The molecule has 6 heteroatoms. The molecule has 0 saturated carbocycles. The molecule has 0 aliphatic carbocycles. The summed E-state index contributed by atoms with van der Waals surface area (Å²) in [6.45, 7) is 1.73. The first-order valence-corrected chi connectivity index (χ1v) is 5.88. The summed E-state index contributed by atoms with van der Waals surface area (Å²) in [6, 6.07) is 5.01. The van der Waals surface area contributed by atoms with Crippen LogP contribution < -0.4 is 5.32 Å². The molecular weight excluding hydrogens is 258 g/mol. The van der Waals surface area contributed by atoms with Crippen LogP contribution in [0.3, 0.4) is 0 Å². The van der Waals surface area contributed by atoms with Crippen molar-refractivity contribution in [2.45, 2.75) is 6.92 Å². The second-order valence-electron chi connectivity index (χ2n) is 4.01. The molecule has 1 aromatic heterocycles. The van der Waals surface area contributed by atoms with Crippen LogP contribution in [0.25, 0.3) is 0 Å². The minimum atomic E-state index is -0.446. The first kappa shape index (κ1) is 13.7. The van der Waals surface area contributed by atoms with E-state index in [1.807, 2.05) is 0 Å². The van der Waals surface area contributed by atoms with Crippen LogP contribution in [-0.2, 0) is 4.74 Å². The van der Waals surface area contributed by atoms with Crippen molar-refractivity contribution in [3.63, 3.8) is 0 Å². The summed E-state index contributed by atoms with van der Waals surface area (Å²) in [6.07, 6.45) is 4.29. The Hall–Kier alpha value is -2.76. The highest BCUT2D eigenvalue weighted by Gasteiger charge is 2.14. The zero-order valence-corrected chi connectivity index (χ0v) is 11.1. The number of hydrogen-bond acceptors (Lipinski definition) is 5. The number of ether oxygens (including phenoxy) is 1.